The van der Waals surface area contributed by atoms with Crippen molar-refractivity contribution in [3.8, 4) is 11.4 Å². The molecule has 0 aromatic carbocycles. The average molecular weight is 491 g/mol. The number of rotatable bonds is 7. The Hall–Kier alpha value is -2.17. The van der Waals surface area contributed by atoms with Gasteiger partial charge in [-0.3, -0.25) is 4.79 Å². The maximum absolute atomic E-state index is 12.8. The molecule has 0 saturated carbocycles. The van der Waals surface area contributed by atoms with Gasteiger partial charge in [0.1, 0.15) is 5.00 Å². The molecule has 0 aliphatic heterocycles. The van der Waals surface area contributed by atoms with Gasteiger partial charge < -0.3 is 14.6 Å². The van der Waals surface area contributed by atoms with E-state index in [1.807, 2.05) is 11.5 Å². The van der Waals surface area contributed by atoms with E-state index < -0.39 is 0 Å². The molecule has 3 heterocycles. The van der Waals surface area contributed by atoms with Crippen molar-refractivity contribution in [2.24, 2.45) is 0 Å². The monoisotopic (exact) mass is 490 g/mol. The highest BCUT2D eigenvalue weighted by molar-refractivity contribution is 7.99. The largest absolute Gasteiger partial charge is 0.465 e. The molecular weight excluding hydrogens is 464 g/mol. The quantitative estimate of drug-likeness (QED) is 0.366. The number of aromatic nitrogens is 3. The second-order valence-electron chi connectivity index (χ2n) is 7.62. The van der Waals surface area contributed by atoms with Crippen LogP contribution >= 0.6 is 34.4 Å². The lowest BCUT2D eigenvalue weighted by Gasteiger charge is -2.11. The SMILES string of the molecule is CCn1c(SCC(=O)Nc2sc3c(c2C(=O)OC)CCCC3)nnc1-c1csc(C)c1C. The molecule has 0 fully saturated rings. The molecule has 1 N–H and O–H groups in total. The molecule has 7 nitrogen and oxygen atoms in total. The second-order valence-corrected chi connectivity index (χ2v) is 10.8. The van der Waals surface area contributed by atoms with E-state index in [0.717, 1.165) is 42.6 Å². The summed E-state index contributed by atoms with van der Waals surface area (Å²) in [7, 11) is 1.38. The molecule has 3 aromatic rings. The average Bonchev–Trinajstić information content (AvgIpc) is 3.46. The van der Waals surface area contributed by atoms with Gasteiger partial charge in [0, 0.05) is 27.2 Å². The molecule has 0 radical (unpaired) electrons. The summed E-state index contributed by atoms with van der Waals surface area (Å²) in [4.78, 5) is 27.6. The van der Waals surface area contributed by atoms with Crippen molar-refractivity contribution >= 4 is 51.3 Å². The number of esters is 1. The van der Waals surface area contributed by atoms with Gasteiger partial charge in [-0.05, 0) is 57.6 Å². The van der Waals surface area contributed by atoms with Crippen LogP contribution in [0.3, 0.4) is 0 Å². The van der Waals surface area contributed by atoms with Crippen molar-refractivity contribution in [1.82, 2.24) is 14.8 Å². The lowest BCUT2D eigenvalue weighted by molar-refractivity contribution is -0.113. The van der Waals surface area contributed by atoms with Crippen LogP contribution in [0.25, 0.3) is 11.4 Å². The van der Waals surface area contributed by atoms with Crippen LogP contribution in [-0.2, 0) is 28.9 Å². The standard InChI is InChI=1S/C22H26N4O3S3/c1-5-26-19(15-10-30-13(3)12(15)2)24-25-22(26)31-11-17(27)23-20-18(21(28)29-4)14-8-6-7-9-16(14)32-20/h10H,5-9,11H2,1-4H3,(H,23,27). The van der Waals surface area contributed by atoms with Crippen LogP contribution in [0, 0.1) is 13.8 Å². The number of carbonyl (C=O) groups is 2. The Kier molecular flexibility index (Phi) is 7.02. The summed E-state index contributed by atoms with van der Waals surface area (Å²) in [5, 5.41) is 15.1. The molecule has 1 aliphatic rings. The Balaban J connectivity index is 1.49. The molecule has 1 amide bonds. The Bertz CT molecular complexity index is 1160. The molecule has 0 bridgehead atoms. The summed E-state index contributed by atoms with van der Waals surface area (Å²) in [6.45, 7) is 6.95. The molecule has 0 saturated heterocycles. The predicted octanol–water partition coefficient (Wildman–Crippen LogP) is 5.10. The summed E-state index contributed by atoms with van der Waals surface area (Å²) < 4.78 is 7.03. The zero-order valence-corrected chi connectivity index (χ0v) is 21.1. The minimum Gasteiger partial charge on any atom is -0.465 e. The Labute approximate surface area is 199 Å². The third-order valence-corrected chi connectivity index (χ3v) is 8.89. The van der Waals surface area contributed by atoms with Gasteiger partial charge in [0.15, 0.2) is 11.0 Å². The maximum Gasteiger partial charge on any atom is 0.341 e. The highest BCUT2D eigenvalue weighted by Crippen LogP contribution is 2.39. The van der Waals surface area contributed by atoms with Crippen LogP contribution in [0.4, 0.5) is 5.00 Å². The van der Waals surface area contributed by atoms with Gasteiger partial charge in [-0.1, -0.05) is 11.8 Å². The number of amides is 1. The van der Waals surface area contributed by atoms with E-state index in [1.165, 1.54) is 45.5 Å². The lowest BCUT2D eigenvalue weighted by Crippen LogP contribution is -2.17. The van der Waals surface area contributed by atoms with Crippen LogP contribution in [0.2, 0.25) is 0 Å². The minimum atomic E-state index is -0.385. The molecule has 0 atom stereocenters. The Morgan fingerprint density at radius 3 is 2.72 bits per heavy atom. The molecule has 1 aliphatic carbocycles. The number of ether oxygens (including phenoxy) is 1. The van der Waals surface area contributed by atoms with Gasteiger partial charge in [0.2, 0.25) is 5.91 Å². The number of carbonyl (C=O) groups excluding carboxylic acids is 2. The number of methoxy groups -OCH3 is 1. The number of fused-ring (bicyclic) bond motifs is 1. The highest BCUT2D eigenvalue weighted by atomic mass is 32.2. The first-order valence-corrected chi connectivity index (χ1v) is 13.3. The van der Waals surface area contributed by atoms with E-state index in [1.54, 1.807) is 11.3 Å². The molecule has 0 unspecified atom stereocenters. The van der Waals surface area contributed by atoms with Crippen LogP contribution in [-0.4, -0.2) is 39.5 Å². The number of nitrogens with zero attached hydrogens (tertiary/aromatic N) is 3. The number of hydrogen-bond acceptors (Lipinski definition) is 8. The molecule has 32 heavy (non-hydrogen) atoms. The van der Waals surface area contributed by atoms with E-state index in [9.17, 15) is 9.59 Å². The van der Waals surface area contributed by atoms with Gasteiger partial charge in [-0.15, -0.1) is 32.9 Å². The van der Waals surface area contributed by atoms with E-state index in [-0.39, 0.29) is 17.6 Å². The number of anilines is 1. The first-order chi connectivity index (χ1) is 15.4. The van der Waals surface area contributed by atoms with Gasteiger partial charge in [0.25, 0.3) is 0 Å². The first kappa shape index (κ1) is 23.0. The van der Waals surface area contributed by atoms with Crippen molar-refractivity contribution in [2.75, 3.05) is 18.2 Å². The van der Waals surface area contributed by atoms with Gasteiger partial charge >= 0.3 is 5.97 Å². The van der Waals surface area contributed by atoms with E-state index in [4.69, 9.17) is 4.74 Å². The summed E-state index contributed by atoms with van der Waals surface area (Å²) in [6, 6.07) is 0. The zero-order chi connectivity index (χ0) is 22.8. The van der Waals surface area contributed by atoms with Crippen molar-refractivity contribution in [2.45, 2.75) is 58.2 Å². The lowest BCUT2D eigenvalue weighted by atomic mass is 9.95. The first-order valence-electron chi connectivity index (χ1n) is 10.6. The number of nitrogens with one attached hydrogen (secondary N) is 1. The third kappa shape index (κ3) is 4.35. The fraction of sp³-hybridized carbons (Fsp3) is 0.455. The smallest absolute Gasteiger partial charge is 0.341 e. The van der Waals surface area contributed by atoms with Crippen molar-refractivity contribution in [3.05, 3.63) is 31.8 Å². The summed E-state index contributed by atoms with van der Waals surface area (Å²) in [6.07, 6.45) is 3.95. The molecular formula is C22H26N4O3S3. The number of hydrogen-bond donors (Lipinski definition) is 1. The van der Waals surface area contributed by atoms with E-state index in [2.05, 4.69) is 34.7 Å². The van der Waals surface area contributed by atoms with Crippen molar-refractivity contribution < 1.29 is 14.3 Å². The topological polar surface area (TPSA) is 86.1 Å². The van der Waals surface area contributed by atoms with Crippen LogP contribution in [0.1, 0.15) is 51.0 Å². The number of aryl methyl sites for hydroxylation is 2. The Morgan fingerprint density at radius 2 is 2.03 bits per heavy atom. The maximum atomic E-state index is 12.8. The zero-order valence-electron chi connectivity index (χ0n) is 18.6. The summed E-state index contributed by atoms with van der Waals surface area (Å²) >= 11 is 4.55. The summed E-state index contributed by atoms with van der Waals surface area (Å²) in [5.41, 5.74) is 3.86. The fourth-order valence-corrected chi connectivity index (χ4v) is 6.84. The highest BCUT2D eigenvalue weighted by Gasteiger charge is 2.27. The predicted molar refractivity (Wildman–Crippen MR) is 130 cm³/mol. The van der Waals surface area contributed by atoms with Gasteiger partial charge in [-0.2, -0.15) is 0 Å². The molecule has 170 valence electrons. The number of thioether (sulfide) groups is 1. The normalized spacial score (nSPS) is 13.1. The minimum absolute atomic E-state index is 0.173. The van der Waals surface area contributed by atoms with E-state index >= 15 is 0 Å². The molecule has 3 aromatic heterocycles. The molecule has 10 heteroatoms. The molecule has 0 spiro atoms. The van der Waals surface area contributed by atoms with Crippen molar-refractivity contribution in [1.29, 1.82) is 0 Å². The van der Waals surface area contributed by atoms with Crippen molar-refractivity contribution in [3.63, 3.8) is 0 Å². The van der Waals surface area contributed by atoms with Gasteiger partial charge in [0.05, 0.1) is 18.4 Å². The number of thiophene rings is 2. The Morgan fingerprint density at radius 1 is 1.25 bits per heavy atom. The fourth-order valence-electron chi connectivity index (χ4n) is 3.88. The second kappa shape index (κ2) is 9.76. The van der Waals surface area contributed by atoms with Gasteiger partial charge in [-0.25, -0.2) is 4.79 Å². The van der Waals surface area contributed by atoms with Crippen LogP contribution < -0.4 is 5.32 Å². The third-order valence-electron chi connectivity index (χ3n) is 5.71. The van der Waals surface area contributed by atoms with Crippen LogP contribution in [0.15, 0.2) is 10.5 Å². The summed E-state index contributed by atoms with van der Waals surface area (Å²) in [5.74, 6) is 0.456. The van der Waals surface area contributed by atoms with Crippen LogP contribution in [0.5, 0.6) is 0 Å². The molecule has 4 rings (SSSR count). The van der Waals surface area contributed by atoms with E-state index in [0.29, 0.717) is 22.3 Å².